The van der Waals surface area contributed by atoms with Gasteiger partial charge < -0.3 is 14.2 Å². The van der Waals surface area contributed by atoms with Crippen molar-refractivity contribution in [2.24, 2.45) is 11.3 Å². The van der Waals surface area contributed by atoms with Gasteiger partial charge in [-0.25, -0.2) is 4.79 Å². The Morgan fingerprint density at radius 3 is 1.81 bits per heavy atom. The Morgan fingerprint density at radius 1 is 1.06 bits per heavy atom. The van der Waals surface area contributed by atoms with E-state index in [1.165, 1.54) is 27.7 Å². The second-order valence-electron chi connectivity index (χ2n) is 7.88. The van der Waals surface area contributed by atoms with Crippen molar-refractivity contribution in [1.82, 2.24) is 0 Å². The average Bonchev–Trinajstić information content (AvgIpc) is 2.95. The van der Waals surface area contributed by atoms with Crippen molar-refractivity contribution in [2.75, 3.05) is 6.61 Å². The second-order valence-corrected chi connectivity index (χ2v) is 7.88. The number of hydrogen-bond acceptors (Lipinski definition) is 6. The highest BCUT2D eigenvalue weighted by atomic mass is 19.4. The fourth-order valence-corrected chi connectivity index (χ4v) is 1.86. The predicted molar refractivity (Wildman–Crippen MR) is 122 cm³/mol. The van der Waals surface area contributed by atoms with Crippen LogP contribution in [-0.2, 0) is 28.6 Å². The van der Waals surface area contributed by atoms with Gasteiger partial charge >= 0.3 is 24.1 Å². The summed E-state index contributed by atoms with van der Waals surface area (Å²) >= 11 is 0. The Bertz CT molecular complexity index is 555. The largest absolute Gasteiger partial charge is 0.463 e. The van der Waals surface area contributed by atoms with Crippen molar-refractivity contribution in [2.45, 2.75) is 115 Å². The van der Waals surface area contributed by atoms with Crippen LogP contribution in [-0.4, -0.2) is 42.4 Å². The molecule has 0 aliphatic carbocycles. The lowest BCUT2D eigenvalue weighted by Gasteiger charge is -2.32. The molecule has 196 valence electrons. The Morgan fingerprint density at radius 2 is 1.53 bits per heavy atom. The van der Waals surface area contributed by atoms with Crippen molar-refractivity contribution in [1.29, 1.82) is 0 Å². The van der Waals surface area contributed by atoms with Gasteiger partial charge in [0.05, 0.1) is 12.5 Å². The van der Waals surface area contributed by atoms with Crippen LogP contribution in [0.2, 0.25) is 0 Å². The third-order valence-electron chi connectivity index (χ3n) is 4.34. The topological polar surface area (TPSA) is 78.9 Å². The van der Waals surface area contributed by atoms with Gasteiger partial charge in [0.15, 0.2) is 5.41 Å². The molecule has 0 radical (unpaired) electrons. The molecule has 1 aliphatic heterocycles. The van der Waals surface area contributed by atoms with Crippen molar-refractivity contribution >= 4 is 17.9 Å². The summed E-state index contributed by atoms with van der Waals surface area (Å²) in [4.78, 5) is 33.6. The van der Waals surface area contributed by atoms with Crippen molar-refractivity contribution in [3.63, 3.8) is 0 Å². The van der Waals surface area contributed by atoms with Gasteiger partial charge in [-0.3, -0.25) is 9.59 Å². The molecule has 0 spiro atoms. The summed E-state index contributed by atoms with van der Waals surface area (Å²) in [5.41, 5.74) is -3.32. The maximum Gasteiger partial charge on any atom is 0.404 e. The molecule has 3 unspecified atom stereocenters. The number of hydrogen-bond donors (Lipinski definition) is 0. The van der Waals surface area contributed by atoms with E-state index in [9.17, 15) is 27.6 Å². The van der Waals surface area contributed by atoms with Crippen LogP contribution in [0.15, 0.2) is 0 Å². The monoisotopic (exact) mass is 476 g/mol. The number of ether oxygens (including phenoxy) is 3. The number of alkyl halides is 3. The van der Waals surface area contributed by atoms with E-state index < -0.39 is 35.2 Å². The summed E-state index contributed by atoms with van der Waals surface area (Å²) in [5.74, 6) is -2.10. The molecule has 0 N–H and O–H groups in total. The SMILES string of the molecule is C.C.C.C.CCC(C)(C(=O)OC(C)(C)C)C(F)(F)F.CCC(C)C(=O)OC1CCOC1=O. The molecule has 1 fully saturated rings. The maximum atomic E-state index is 12.6. The Hall–Kier alpha value is -1.80. The van der Waals surface area contributed by atoms with Gasteiger partial charge in [0.25, 0.3) is 0 Å². The van der Waals surface area contributed by atoms with Crippen LogP contribution in [0.25, 0.3) is 0 Å². The van der Waals surface area contributed by atoms with Crippen LogP contribution in [0.4, 0.5) is 13.2 Å². The number of carbonyl (C=O) groups is 3. The minimum Gasteiger partial charge on any atom is -0.463 e. The van der Waals surface area contributed by atoms with E-state index in [1.807, 2.05) is 6.92 Å². The molecule has 0 bridgehead atoms. The molecule has 32 heavy (non-hydrogen) atoms. The Kier molecular flexibility index (Phi) is 20.2. The number of cyclic esters (lactones) is 1. The number of halogens is 3. The van der Waals surface area contributed by atoms with Crippen molar-refractivity contribution < 1.29 is 41.8 Å². The maximum absolute atomic E-state index is 12.6. The predicted octanol–water partition coefficient (Wildman–Crippen LogP) is 6.74. The highest BCUT2D eigenvalue weighted by Gasteiger charge is 2.57. The third-order valence-corrected chi connectivity index (χ3v) is 4.34. The molecule has 6 nitrogen and oxygen atoms in total. The zero-order valence-corrected chi connectivity index (χ0v) is 17.6. The fraction of sp³-hybridized carbons (Fsp3) is 0.870. The molecule has 0 aromatic rings. The number of esters is 3. The lowest BCUT2D eigenvalue weighted by atomic mass is 9.86. The fourth-order valence-electron chi connectivity index (χ4n) is 1.86. The molecule has 3 atom stereocenters. The second kappa shape index (κ2) is 15.9. The molecule has 1 rings (SSSR count). The van der Waals surface area contributed by atoms with Crippen LogP contribution >= 0.6 is 0 Å². The van der Waals surface area contributed by atoms with Gasteiger partial charge in [-0.1, -0.05) is 50.5 Å². The normalized spacial score (nSPS) is 17.7. The van der Waals surface area contributed by atoms with E-state index in [-0.39, 0.29) is 48.0 Å². The molecular formula is C23H47F3O6. The van der Waals surface area contributed by atoms with Crippen LogP contribution in [0.5, 0.6) is 0 Å². The van der Waals surface area contributed by atoms with Gasteiger partial charge in [0.1, 0.15) is 5.60 Å². The molecule has 9 heteroatoms. The summed E-state index contributed by atoms with van der Waals surface area (Å²) in [7, 11) is 0. The smallest absolute Gasteiger partial charge is 0.404 e. The molecule has 0 saturated carbocycles. The van der Waals surface area contributed by atoms with Gasteiger partial charge in [0.2, 0.25) is 6.10 Å². The number of rotatable bonds is 5. The van der Waals surface area contributed by atoms with Gasteiger partial charge in [0, 0.05) is 6.42 Å². The van der Waals surface area contributed by atoms with E-state index >= 15 is 0 Å². The quantitative estimate of drug-likeness (QED) is 0.323. The molecule has 1 heterocycles. The van der Waals surface area contributed by atoms with Gasteiger partial charge in [-0.15, -0.1) is 0 Å². The molecular weight excluding hydrogens is 429 g/mol. The van der Waals surface area contributed by atoms with Crippen LogP contribution in [0.3, 0.4) is 0 Å². The third kappa shape index (κ3) is 12.3. The first-order chi connectivity index (χ1) is 12.6. The van der Waals surface area contributed by atoms with Crippen molar-refractivity contribution in [3.05, 3.63) is 0 Å². The van der Waals surface area contributed by atoms with E-state index in [2.05, 4.69) is 4.74 Å². The first-order valence-corrected chi connectivity index (χ1v) is 9.26. The summed E-state index contributed by atoms with van der Waals surface area (Å²) in [6, 6.07) is 0. The standard InChI is InChI=1S/C10H17F3O2.C9H14O4.4CH4/c1-6-9(5,10(11,12)13)7(14)15-8(2,3)4;1-3-6(2)8(10)13-7-4-5-12-9(7)11;;;;/h6H2,1-5H3;6-7H,3-5H2,1-2H3;4*1H4. The molecule has 1 aliphatic rings. The Balaban J connectivity index is -0.000000136. The van der Waals surface area contributed by atoms with Crippen LogP contribution < -0.4 is 0 Å². The summed E-state index contributed by atoms with van der Waals surface area (Å²) < 4.78 is 52.3. The minimum absolute atomic E-state index is 0. The van der Waals surface area contributed by atoms with E-state index in [1.54, 1.807) is 6.92 Å². The lowest BCUT2D eigenvalue weighted by Crippen LogP contribution is -2.45. The zero-order chi connectivity index (χ0) is 22.3. The van der Waals surface area contributed by atoms with E-state index in [0.717, 1.165) is 13.3 Å². The van der Waals surface area contributed by atoms with E-state index in [0.29, 0.717) is 13.0 Å². The highest BCUT2D eigenvalue weighted by molar-refractivity contribution is 5.81. The lowest BCUT2D eigenvalue weighted by molar-refractivity contribution is -0.236. The average molecular weight is 477 g/mol. The molecule has 0 aromatic heterocycles. The number of carbonyl (C=O) groups excluding carboxylic acids is 3. The van der Waals surface area contributed by atoms with Crippen LogP contribution in [0.1, 0.15) is 97.4 Å². The molecule has 1 saturated heterocycles. The molecule has 0 aromatic carbocycles. The van der Waals surface area contributed by atoms with Crippen LogP contribution in [0, 0.1) is 11.3 Å². The van der Waals surface area contributed by atoms with E-state index in [4.69, 9.17) is 9.47 Å². The first kappa shape index (κ1) is 40.5. The summed E-state index contributed by atoms with van der Waals surface area (Å²) in [6.07, 6.45) is -4.36. The first-order valence-electron chi connectivity index (χ1n) is 9.26. The van der Waals surface area contributed by atoms with Gasteiger partial charge in [-0.05, 0) is 40.5 Å². The highest BCUT2D eigenvalue weighted by Crippen LogP contribution is 2.42. The summed E-state index contributed by atoms with van der Waals surface area (Å²) in [6.45, 7) is 10.8. The minimum atomic E-state index is -4.58. The summed E-state index contributed by atoms with van der Waals surface area (Å²) in [5, 5.41) is 0. The van der Waals surface area contributed by atoms with Crippen molar-refractivity contribution in [3.8, 4) is 0 Å². The molecule has 0 amide bonds. The van der Waals surface area contributed by atoms with Gasteiger partial charge in [-0.2, -0.15) is 13.2 Å². The zero-order valence-electron chi connectivity index (χ0n) is 17.6. The Labute approximate surface area is 193 Å².